The highest BCUT2D eigenvalue weighted by Gasteiger charge is 2.43. The summed E-state index contributed by atoms with van der Waals surface area (Å²) in [7, 11) is 0. The molecule has 3 unspecified atom stereocenters. The van der Waals surface area contributed by atoms with Gasteiger partial charge in [-0.3, -0.25) is 4.79 Å². The maximum Gasteiger partial charge on any atom is 0.334 e. The van der Waals surface area contributed by atoms with Crippen LogP contribution in [0.2, 0.25) is 0 Å². The van der Waals surface area contributed by atoms with Crippen LogP contribution in [0.3, 0.4) is 0 Å². The SMILES string of the molecule is CC1CC1C(=O)N1CCOC(C(=O)O)C1. The van der Waals surface area contributed by atoms with Crippen molar-refractivity contribution in [3.8, 4) is 0 Å². The van der Waals surface area contributed by atoms with Crippen LogP contribution < -0.4 is 0 Å². The molecule has 1 aliphatic carbocycles. The summed E-state index contributed by atoms with van der Waals surface area (Å²) >= 11 is 0. The van der Waals surface area contributed by atoms with Gasteiger partial charge in [-0.15, -0.1) is 0 Å². The molecule has 3 atom stereocenters. The number of carbonyl (C=O) groups excluding carboxylic acids is 1. The van der Waals surface area contributed by atoms with Crippen molar-refractivity contribution in [2.24, 2.45) is 11.8 Å². The lowest BCUT2D eigenvalue weighted by molar-refractivity contribution is -0.159. The Bertz CT molecular complexity index is 291. The molecule has 5 nitrogen and oxygen atoms in total. The van der Waals surface area contributed by atoms with E-state index in [0.29, 0.717) is 19.1 Å². The van der Waals surface area contributed by atoms with Gasteiger partial charge in [0, 0.05) is 12.5 Å². The van der Waals surface area contributed by atoms with Crippen molar-refractivity contribution in [1.29, 1.82) is 0 Å². The van der Waals surface area contributed by atoms with Gasteiger partial charge in [0.1, 0.15) is 0 Å². The molecular weight excluding hydrogens is 198 g/mol. The number of nitrogens with zero attached hydrogens (tertiary/aromatic N) is 1. The number of hydrogen-bond donors (Lipinski definition) is 1. The van der Waals surface area contributed by atoms with Gasteiger partial charge in [-0.05, 0) is 12.3 Å². The predicted molar refractivity (Wildman–Crippen MR) is 51.2 cm³/mol. The van der Waals surface area contributed by atoms with Crippen LogP contribution in [-0.2, 0) is 14.3 Å². The molecule has 1 saturated heterocycles. The van der Waals surface area contributed by atoms with Gasteiger partial charge in [0.2, 0.25) is 5.91 Å². The summed E-state index contributed by atoms with van der Waals surface area (Å²) < 4.78 is 5.05. The number of carboxylic acids is 1. The average Bonchev–Trinajstić information content (AvgIpc) is 2.94. The molecule has 0 aromatic rings. The largest absolute Gasteiger partial charge is 0.479 e. The van der Waals surface area contributed by atoms with Crippen molar-refractivity contribution < 1.29 is 19.4 Å². The van der Waals surface area contributed by atoms with Crippen LogP contribution in [0.5, 0.6) is 0 Å². The summed E-state index contributed by atoms with van der Waals surface area (Å²) in [6.45, 7) is 3.07. The molecule has 0 spiro atoms. The van der Waals surface area contributed by atoms with Gasteiger partial charge in [-0.25, -0.2) is 4.79 Å². The van der Waals surface area contributed by atoms with Gasteiger partial charge < -0.3 is 14.7 Å². The molecule has 1 amide bonds. The lowest BCUT2D eigenvalue weighted by Crippen LogP contribution is -2.49. The predicted octanol–water partition coefficient (Wildman–Crippen LogP) is -0.0456. The Morgan fingerprint density at radius 1 is 1.47 bits per heavy atom. The summed E-state index contributed by atoms with van der Waals surface area (Å²) in [5.74, 6) is -0.311. The van der Waals surface area contributed by atoms with Crippen molar-refractivity contribution in [2.75, 3.05) is 19.7 Å². The van der Waals surface area contributed by atoms with Crippen LogP contribution >= 0.6 is 0 Å². The molecule has 2 rings (SSSR count). The van der Waals surface area contributed by atoms with Crippen LogP contribution in [0.15, 0.2) is 0 Å². The zero-order valence-electron chi connectivity index (χ0n) is 8.68. The highest BCUT2D eigenvalue weighted by atomic mass is 16.5. The molecule has 0 aromatic carbocycles. The maximum absolute atomic E-state index is 11.8. The van der Waals surface area contributed by atoms with Gasteiger partial charge in [0.05, 0.1) is 13.2 Å². The fraction of sp³-hybridized carbons (Fsp3) is 0.800. The minimum atomic E-state index is -0.989. The van der Waals surface area contributed by atoms with E-state index in [4.69, 9.17) is 9.84 Å². The van der Waals surface area contributed by atoms with Crippen molar-refractivity contribution in [2.45, 2.75) is 19.4 Å². The molecule has 1 aliphatic heterocycles. The summed E-state index contributed by atoms with van der Waals surface area (Å²) in [6, 6.07) is 0. The number of rotatable bonds is 2. The van der Waals surface area contributed by atoms with Crippen LogP contribution in [0, 0.1) is 11.8 Å². The van der Waals surface area contributed by atoms with E-state index in [1.807, 2.05) is 6.92 Å². The number of morpholine rings is 1. The first-order valence-corrected chi connectivity index (χ1v) is 5.23. The van der Waals surface area contributed by atoms with E-state index >= 15 is 0 Å². The van der Waals surface area contributed by atoms with E-state index in [-0.39, 0.29) is 18.4 Å². The van der Waals surface area contributed by atoms with Crippen LogP contribution in [0.4, 0.5) is 0 Å². The zero-order chi connectivity index (χ0) is 11.0. The Labute approximate surface area is 88.0 Å². The van der Waals surface area contributed by atoms with Gasteiger partial charge in [-0.2, -0.15) is 0 Å². The molecule has 0 aromatic heterocycles. The molecule has 5 heteroatoms. The lowest BCUT2D eigenvalue weighted by atomic mass is 10.2. The van der Waals surface area contributed by atoms with E-state index in [2.05, 4.69) is 0 Å². The van der Waals surface area contributed by atoms with Gasteiger partial charge in [-0.1, -0.05) is 6.92 Å². The maximum atomic E-state index is 11.8. The fourth-order valence-corrected chi connectivity index (χ4v) is 1.90. The Hall–Kier alpha value is -1.10. The van der Waals surface area contributed by atoms with E-state index in [1.165, 1.54) is 0 Å². The van der Waals surface area contributed by atoms with Gasteiger partial charge in [0.25, 0.3) is 0 Å². The second-order valence-corrected chi connectivity index (χ2v) is 4.30. The number of hydrogen-bond acceptors (Lipinski definition) is 3. The average molecular weight is 213 g/mol. The number of ether oxygens (including phenoxy) is 1. The van der Waals surface area contributed by atoms with Crippen molar-refractivity contribution in [3.05, 3.63) is 0 Å². The number of amides is 1. The first kappa shape index (κ1) is 10.4. The first-order chi connectivity index (χ1) is 7.09. The van der Waals surface area contributed by atoms with E-state index < -0.39 is 12.1 Å². The van der Waals surface area contributed by atoms with Gasteiger partial charge in [0.15, 0.2) is 6.10 Å². The van der Waals surface area contributed by atoms with Gasteiger partial charge >= 0.3 is 5.97 Å². The quantitative estimate of drug-likeness (QED) is 0.698. The second kappa shape index (κ2) is 3.81. The monoisotopic (exact) mass is 213 g/mol. The highest BCUT2D eigenvalue weighted by molar-refractivity contribution is 5.82. The Kier molecular flexibility index (Phi) is 2.65. The third kappa shape index (κ3) is 2.12. The molecular formula is C10H15NO4. The first-order valence-electron chi connectivity index (χ1n) is 5.23. The molecule has 0 radical (unpaired) electrons. The molecule has 15 heavy (non-hydrogen) atoms. The highest BCUT2D eigenvalue weighted by Crippen LogP contribution is 2.39. The third-order valence-corrected chi connectivity index (χ3v) is 3.08. The van der Waals surface area contributed by atoms with E-state index in [9.17, 15) is 9.59 Å². The van der Waals surface area contributed by atoms with Crippen LogP contribution in [-0.4, -0.2) is 47.7 Å². The van der Waals surface area contributed by atoms with Crippen molar-refractivity contribution in [1.82, 2.24) is 4.90 Å². The normalized spacial score (nSPS) is 35.0. The van der Waals surface area contributed by atoms with Crippen LogP contribution in [0.25, 0.3) is 0 Å². The lowest BCUT2D eigenvalue weighted by Gasteiger charge is -2.31. The number of carbonyl (C=O) groups is 2. The number of carboxylic acid groups (broad SMARTS) is 1. The van der Waals surface area contributed by atoms with Crippen LogP contribution in [0.1, 0.15) is 13.3 Å². The van der Waals surface area contributed by atoms with Crippen molar-refractivity contribution in [3.63, 3.8) is 0 Å². The summed E-state index contributed by atoms with van der Waals surface area (Å²) in [5.41, 5.74) is 0. The van der Waals surface area contributed by atoms with E-state index in [0.717, 1.165) is 6.42 Å². The Morgan fingerprint density at radius 2 is 2.13 bits per heavy atom. The summed E-state index contributed by atoms with van der Waals surface area (Å²) in [5, 5.41) is 8.78. The summed E-state index contributed by atoms with van der Waals surface area (Å²) in [4.78, 5) is 24.1. The molecule has 1 heterocycles. The molecule has 1 N–H and O–H groups in total. The molecule has 2 aliphatic rings. The minimum absolute atomic E-state index is 0.0945. The fourth-order valence-electron chi connectivity index (χ4n) is 1.90. The summed E-state index contributed by atoms with van der Waals surface area (Å²) in [6.07, 6.45) is 0.0882. The van der Waals surface area contributed by atoms with Crippen molar-refractivity contribution >= 4 is 11.9 Å². The Morgan fingerprint density at radius 3 is 2.67 bits per heavy atom. The smallest absolute Gasteiger partial charge is 0.334 e. The molecule has 0 bridgehead atoms. The standard InChI is InChI=1S/C10H15NO4/c1-6-4-7(6)9(12)11-2-3-15-8(5-11)10(13)14/h6-8H,2-5H2,1H3,(H,13,14). The minimum Gasteiger partial charge on any atom is -0.479 e. The molecule has 84 valence electrons. The third-order valence-electron chi connectivity index (χ3n) is 3.08. The Balaban J connectivity index is 1.92. The number of aliphatic carboxylic acids is 1. The topological polar surface area (TPSA) is 66.8 Å². The molecule has 1 saturated carbocycles. The molecule has 2 fully saturated rings. The zero-order valence-corrected chi connectivity index (χ0v) is 8.68. The second-order valence-electron chi connectivity index (χ2n) is 4.30. The van der Waals surface area contributed by atoms with E-state index in [1.54, 1.807) is 4.90 Å².